The second kappa shape index (κ2) is 10.3. The predicted octanol–water partition coefficient (Wildman–Crippen LogP) is 3.51. The summed E-state index contributed by atoms with van der Waals surface area (Å²) in [5.74, 6) is 0.812. The van der Waals surface area contributed by atoms with E-state index in [1.54, 1.807) is 30.3 Å². The van der Waals surface area contributed by atoms with Gasteiger partial charge >= 0.3 is 0 Å². The lowest BCUT2D eigenvalue weighted by Crippen LogP contribution is -2.38. The zero-order valence-corrected chi connectivity index (χ0v) is 17.8. The van der Waals surface area contributed by atoms with E-state index >= 15 is 0 Å². The molecule has 1 aromatic heterocycles. The molecule has 0 bridgehead atoms. The lowest BCUT2D eigenvalue weighted by Gasteiger charge is -2.12. The van der Waals surface area contributed by atoms with Crippen molar-refractivity contribution < 1.29 is 4.79 Å². The lowest BCUT2D eigenvalue weighted by molar-refractivity contribution is 0.0827. The molecule has 5 nitrogen and oxygen atoms in total. The monoisotopic (exact) mass is 436 g/mol. The fraction of sp³-hybridized carbons (Fsp3) is 0.368. The minimum atomic E-state index is 0.00951. The molecule has 0 saturated carbocycles. The third-order valence-corrected chi connectivity index (χ3v) is 5.35. The molecule has 26 heavy (non-hydrogen) atoms. The van der Waals surface area contributed by atoms with Crippen molar-refractivity contribution in [3.05, 3.63) is 56.2 Å². The number of nitrogens with one attached hydrogen (secondary N) is 2. The van der Waals surface area contributed by atoms with Crippen LogP contribution in [-0.2, 0) is 13.0 Å². The number of rotatable bonds is 7. The largest absolute Gasteiger partial charge is 0.357 e. The van der Waals surface area contributed by atoms with Crippen LogP contribution in [0.1, 0.15) is 27.7 Å². The van der Waals surface area contributed by atoms with Gasteiger partial charge in [-0.3, -0.25) is 4.79 Å². The van der Waals surface area contributed by atoms with Crippen LogP contribution in [0.4, 0.5) is 0 Å². The first-order valence-corrected chi connectivity index (χ1v) is 10.2. The third kappa shape index (κ3) is 6.46. The molecule has 1 aromatic carbocycles. The highest BCUT2D eigenvalue weighted by Crippen LogP contribution is 2.22. The average Bonchev–Trinajstić information content (AvgIpc) is 3.04. The summed E-state index contributed by atoms with van der Waals surface area (Å²) in [5.41, 5.74) is 1.76. The normalized spacial score (nSPS) is 11.3. The number of halogens is 1. The number of nitrogens with zero attached hydrogens (tertiary/aromatic N) is 2. The van der Waals surface area contributed by atoms with Crippen LogP contribution < -0.4 is 10.6 Å². The summed E-state index contributed by atoms with van der Waals surface area (Å²) < 4.78 is 1.16. The molecule has 140 valence electrons. The van der Waals surface area contributed by atoms with Gasteiger partial charge in [-0.25, -0.2) is 4.99 Å². The Hall–Kier alpha value is -1.86. The van der Waals surface area contributed by atoms with Crippen molar-refractivity contribution in [3.63, 3.8) is 0 Å². The maximum absolute atomic E-state index is 11.9. The van der Waals surface area contributed by atoms with Gasteiger partial charge in [0.25, 0.3) is 5.91 Å². The van der Waals surface area contributed by atoms with Gasteiger partial charge in [-0.1, -0.05) is 12.1 Å². The SMILES string of the molecule is CCNC(=NCc1ccc(C(=O)N(C)C)cc1)NCCc1ccc(Br)s1. The molecule has 0 aliphatic rings. The Morgan fingerprint density at radius 2 is 1.88 bits per heavy atom. The Morgan fingerprint density at radius 1 is 1.15 bits per heavy atom. The second-order valence-electron chi connectivity index (χ2n) is 5.97. The van der Waals surface area contributed by atoms with E-state index < -0.39 is 0 Å². The topological polar surface area (TPSA) is 56.7 Å². The molecule has 0 aliphatic heterocycles. The number of amides is 1. The Morgan fingerprint density at radius 3 is 2.46 bits per heavy atom. The zero-order valence-electron chi connectivity index (χ0n) is 15.4. The molecule has 1 amide bonds. The van der Waals surface area contributed by atoms with Gasteiger partial charge in [0.1, 0.15) is 0 Å². The number of guanidine groups is 1. The van der Waals surface area contributed by atoms with Crippen LogP contribution in [0, 0.1) is 0 Å². The first kappa shape index (κ1) is 20.5. The number of carbonyl (C=O) groups is 1. The number of hydrogen-bond acceptors (Lipinski definition) is 3. The van der Waals surface area contributed by atoms with E-state index in [9.17, 15) is 4.79 Å². The molecular formula is C19H25BrN4OS. The predicted molar refractivity (Wildman–Crippen MR) is 113 cm³/mol. The fourth-order valence-electron chi connectivity index (χ4n) is 2.31. The van der Waals surface area contributed by atoms with Gasteiger partial charge in [-0.05, 0) is 59.1 Å². The minimum absolute atomic E-state index is 0.00951. The fourth-order valence-corrected chi connectivity index (χ4v) is 3.80. The van der Waals surface area contributed by atoms with E-state index in [2.05, 4.69) is 50.6 Å². The summed E-state index contributed by atoms with van der Waals surface area (Å²) in [6.45, 7) is 4.26. The van der Waals surface area contributed by atoms with Crippen LogP contribution in [0.3, 0.4) is 0 Å². The number of thiophene rings is 1. The molecule has 0 aliphatic carbocycles. The Labute approximate surface area is 167 Å². The Kier molecular flexibility index (Phi) is 8.12. The van der Waals surface area contributed by atoms with E-state index in [1.165, 1.54) is 4.88 Å². The van der Waals surface area contributed by atoms with Crippen LogP contribution in [-0.4, -0.2) is 44.0 Å². The van der Waals surface area contributed by atoms with Gasteiger partial charge in [-0.2, -0.15) is 0 Å². The lowest BCUT2D eigenvalue weighted by atomic mass is 10.1. The highest BCUT2D eigenvalue weighted by Gasteiger charge is 2.07. The van der Waals surface area contributed by atoms with Gasteiger partial charge in [-0.15, -0.1) is 11.3 Å². The molecule has 0 fully saturated rings. The molecule has 0 unspecified atom stereocenters. The first-order valence-electron chi connectivity index (χ1n) is 8.56. The molecule has 2 aromatic rings. The molecule has 7 heteroatoms. The van der Waals surface area contributed by atoms with Crippen molar-refractivity contribution >= 4 is 39.1 Å². The minimum Gasteiger partial charge on any atom is -0.357 e. The Balaban J connectivity index is 1.90. The first-order chi connectivity index (χ1) is 12.5. The van der Waals surface area contributed by atoms with E-state index in [4.69, 9.17) is 0 Å². The standard InChI is InChI=1S/C19H25BrN4OS/c1-4-21-19(22-12-11-16-9-10-17(20)26-16)23-13-14-5-7-15(8-6-14)18(25)24(2)3/h5-10H,4,11-13H2,1-3H3,(H2,21,22,23). The molecule has 0 saturated heterocycles. The van der Waals surface area contributed by atoms with Crippen LogP contribution in [0.25, 0.3) is 0 Å². The Bertz CT molecular complexity index is 740. The van der Waals surface area contributed by atoms with Crippen LogP contribution in [0.5, 0.6) is 0 Å². The maximum Gasteiger partial charge on any atom is 0.253 e. The smallest absolute Gasteiger partial charge is 0.253 e. The highest BCUT2D eigenvalue weighted by molar-refractivity contribution is 9.11. The number of aliphatic imine (C=N–C) groups is 1. The third-order valence-electron chi connectivity index (χ3n) is 3.66. The molecule has 2 N–H and O–H groups in total. The summed E-state index contributed by atoms with van der Waals surface area (Å²) in [4.78, 5) is 19.5. The maximum atomic E-state index is 11.9. The van der Waals surface area contributed by atoms with E-state index in [1.807, 2.05) is 24.3 Å². The van der Waals surface area contributed by atoms with Crippen molar-refractivity contribution in [2.75, 3.05) is 27.2 Å². The van der Waals surface area contributed by atoms with Crippen LogP contribution in [0.15, 0.2) is 45.2 Å². The van der Waals surface area contributed by atoms with E-state index in [-0.39, 0.29) is 5.91 Å². The van der Waals surface area contributed by atoms with Crippen molar-refractivity contribution in [1.29, 1.82) is 0 Å². The summed E-state index contributed by atoms with van der Waals surface area (Å²) in [5, 5.41) is 6.62. The molecule has 1 heterocycles. The van der Waals surface area contributed by atoms with Gasteiger partial charge < -0.3 is 15.5 Å². The molecule has 0 spiro atoms. The quantitative estimate of drug-likeness (QED) is 0.515. The summed E-state index contributed by atoms with van der Waals surface area (Å²) >= 11 is 5.24. The second-order valence-corrected chi connectivity index (χ2v) is 8.52. The van der Waals surface area contributed by atoms with Gasteiger partial charge in [0, 0.05) is 37.6 Å². The number of carbonyl (C=O) groups excluding carboxylic acids is 1. The summed E-state index contributed by atoms with van der Waals surface area (Å²) in [6.07, 6.45) is 0.960. The summed E-state index contributed by atoms with van der Waals surface area (Å²) in [7, 11) is 3.51. The number of hydrogen-bond donors (Lipinski definition) is 2. The van der Waals surface area contributed by atoms with Gasteiger partial charge in [0.2, 0.25) is 0 Å². The van der Waals surface area contributed by atoms with Crippen molar-refractivity contribution in [3.8, 4) is 0 Å². The van der Waals surface area contributed by atoms with Crippen LogP contribution in [0.2, 0.25) is 0 Å². The molecular weight excluding hydrogens is 412 g/mol. The van der Waals surface area contributed by atoms with Crippen LogP contribution >= 0.6 is 27.3 Å². The molecule has 0 atom stereocenters. The highest BCUT2D eigenvalue weighted by atomic mass is 79.9. The average molecular weight is 437 g/mol. The van der Waals surface area contributed by atoms with Gasteiger partial charge in [0.05, 0.1) is 10.3 Å². The molecule has 2 rings (SSSR count). The number of benzene rings is 1. The van der Waals surface area contributed by atoms with Crippen molar-refractivity contribution in [2.24, 2.45) is 4.99 Å². The molecule has 0 radical (unpaired) electrons. The zero-order chi connectivity index (χ0) is 18.9. The van der Waals surface area contributed by atoms with Crippen molar-refractivity contribution in [2.45, 2.75) is 19.9 Å². The van der Waals surface area contributed by atoms with E-state index in [0.717, 1.165) is 34.8 Å². The van der Waals surface area contributed by atoms with Crippen molar-refractivity contribution in [1.82, 2.24) is 15.5 Å². The van der Waals surface area contributed by atoms with E-state index in [0.29, 0.717) is 12.1 Å². The summed E-state index contributed by atoms with van der Waals surface area (Å²) in [6, 6.07) is 11.8. The van der Waals surface area contributed by atoms with Gasteiger partial charge in [0.15, 0.2) is 5.96 Å².